The molecule has 1 amide bonds. The highest BCUT2D eigenvalue weighted by atomic mass is 35.5. The Hall–Kier alpha value is -2.53. The van der Waals surface area contributed by atoms with Crippen LogP contribution < -0.4 is 10.1 Å². The van der Waals surface area contributed by atoms with Crippen LogP contribution in [-0.4, -0.2) is 28.6 Å². The quantitative estimate of drug-likeness (QED) is 0.469. The molecule has 4 rings (SSSR count). The van der Waals surface area contributed by atoms with Crippen molar-refractivity contribution >= 4 is 28.5 Å². The molecule has 1 fully saturated rings. The highest BCUT2D eigenvalue weighted by Gasteiger charge is 2.29. The molecule has 5 nitrogen and oxygen atoms in total. The first-order valence-electron chi connectivity index (χ1n) is 10.7. The monoisotopic (exact) mass is 425 g/mol. The van der Waals surface area contributed by atoms with Crippen molar-refractivity contribution in [3.8, 4) is 5.75 Å². The fourth-order valence-electron chi connectivity index (χ4n) is 3.62. The Labute approximate surface area is 182 Å². The third kappa shape index (κ3) is 5.14. The summed E-state index contributed by atoms with van der Waals surface area (Å²) in [6.07, 6.45) is 4.75. The minimum Gasteiger partial charge on any atom is -0.494 e. The van der Waals surface area contributed by atoms with Crippen LogP contribution in [0.1, 0.15) is 37.1 Å². The van der Waals surface area contributed by atoms with E-state index in [9.17, 15) is 4.79 Å². The molecule has 0 spiro atoms. The summed E-state index contributed by atoms with van der Waals surface area (Å²) >= 11 is 6.07. The molecular weight excluding hydrogens is 398 g/mol. The van der Waals surface area contributed by atoms with Crippen LogP contribution in [0, 0.1) is 12.8 Å². The van der Waals surface area contributed by atoms with Gasteiger partial charge in [-0.3, -0.25) is 4.79 Å². The first kappa shape index (κ1) is 20.7. The number of hydrogen-bond acceptors (Lipinski definition) is 3. The van der Waals surface area contributed by atoms with Gasteiger partial charge in [-0.15, -0.1) is 0 Å². The first-order chi connectivity index (χ1) is 14.6. The van der Waals surface area contributed by atoms with E-state index in [1.165, 1.54) is 0 Å². The van der Waals surface area contributed by atoms with Crippen molar-refractivity contribution in [2.24, 2.45) is 5.92 Å². The maximum absolute atomic E-state index is 11.9. The van der Waals surface area contributed by atoms with Crippen LogP contribution in [-0.2, 0) is 17.8 Å². The Morgan fingerprint density at radius 3 is 2.87 bits per heavy atom. The van der Waals surface area contributed by atoms with Crippen molar-refractivity contribution in [3.05, 3.63) is 58.9 Å². The van der Waals surface area contributed by atoms with E-state index >= 15 is 0 Å². The average Bonchev–Trinajstić information content (AvgIpc) is 3.54. The number of carbonyl (C=O) groups excluding carboxylic acids is 1. The molecule has 0 saturated heterocycles. The third-order valence-electron chi connectivity index (χ3n) is 5.50. The molecule has 2 aromatic carbocycles. The van der Waals surface area contributed by atoms with Crippen molar-refractivity contribution in [2.45, 2.75) is 45.6 Å². The summed E-state index contributed by atoms with van der Waals surface area (Å²) < 4.78 is 8.15. The van der Waals surface area contributed by atoms with Gasteiger partial charge in [0.15, 0.2) is 0 Å². The molecule has 0 unspecified atom stereocenters. The number of para-hydroxylation sites is 2. The van der Waals surface area contributed by atoms with E-state index in [1.807, 2.05) is 43.3 Å². The summed E-state index contributed by atoms with van der Waals surface area (Å²) in [5.41, 5.74) is 3.18. The third-order valence-corrected chi connectivity index (χ3v) is 5.93. The molecule has 0 radical (unpaired) electrons. The average molecular weight is 426 g/mol. The number of nitrogens with zero attached hydrogens (tertiary/aromatic N) is 2. The molecule has 30 heavy (non-hydrogen) atoms. The van der Waals surface area contributed by atoms with Gasteiger partial charge in [0.1, 0.15) is 11.6 Å². The topological polar surface area (TPSA) is 56.1 Å². The number of hydrogen-bond donors (Lipinski definition) is 1. The summed E-state index contributed by atoms with van der Waals surface area (Å²) in [5, 5.41) is 3.81. The molecule has 1 saturated carbocycles. The highest BCUT2D eigenvalue weighted by Crippen LogP contribution is 2.28. The zero-order chi connectivity index (χ0) is 20.9. The Morgan fingerprint density at radius 1 is 1.23 bits per heavy atom. The smallest absolute Gasteiger partial charge is 0.223 e. The zero-order valence-electron chi connectivity index (χ0n) is 17.4. The minimum absolute atomic E-state index is 0.187. The maximum atomic E-state index is 11.9. The first-order valence-corrected chi connectivity index (χ1v) is 11.1. The molecule has 1 heterocycles. The van der Waals surface area contributed by atoms with Gasteiger partial charge in [0.05, 0.1) is 17.6 Å². The molecule has 158 valence electrons. The lowest BCUT2D eigenvalue weighted by atomic mass is 10.2. The number of halogens is 1. The summed E-state index contributed by atoms with van der Waals surface area (Å²) in [6, 6.07) is 14.0. The number of amides is 1. The second kappa shape index (κ2) is 9.52. The van der Waals surface area contributed by atoms with E-state index in [0.29, 0.717) is 13.2 Å². The molecule has 1 aliphatic carbocycles. The number of fused-ring (bicyclic) bond motifs is 1. The lowest BCUT2D eigenvalue weighted by Crippen LogP contribution is -2.27. The molecule has 6 heteroatoms. The number of benzene rings is 2. The minimum atomic E-state index is 0.187. The van der Waals surface area contributed by atoms with Crippen LogP contribution in [0.15, 0.2) is 42.5 Å². The van der Waals surface area contributed by atoms with Crippen molar-refractivity contribution < 1.29 is 9.53 Å². The van der Waals surface area contributed by atoms with E-state index in [4.69, 9.17) is 21.3 Å². The summed E-state index contributed by atoms with van der Waals surface area (Å²) in [5.74, 6) is 2.32. The Kier molecular flexibility index (Phi) is 6.58. The lowest BCUT2D eigenvalue weighted by molar-refractivity contribution is -0.122. The molecule has 1 aromatic heterocycles. The molecule has 0 bridgehead atoms. The van der Waals surface area contributed by atoms with Crippen LogP contribution in [0.4, 0.5) is 0 Å². The number of carbonyl (C=O) groups is 1. The predicted octanol–water partition coefficient (Wildman–Crippen LogP) is 4.93. The molecular formula is C24H28ClN3O2. The number of ether oxygens (including phenoxy) is 1. The molecule has 3 aromatic rings. The van der Waals surface area contributed by atoms with Gasteiger partial charge in [-0.05, 0) is 68.5 Å². The van der Waals surface area contributed by atoms with Gasteiger partial charge < -0.3 is 14.6 Å². The largest absolute Gasteiger partial charge is 0.494 e. The number of unbranched alkanes of at least 4 members (excludes halogenated alkanes) is 1. The standard InChI is InChI=1S/C24H28ClN3O2/c1-17-16-19(10-11-20(17)25)30-15-5-4-14-28-22-7-3-2-6-21(22)27-23(28)12-13-26-24(29)18-8-9-18/h2-3,6-7,10-11,16,18H,4-5,8-9,12-15H2,1H3,(H,26,29). The van der Waals surface area contributed by atoms with Gasteiger partial charge in [0.2, 0.25) is 5.91 Å². The number of nitrogens with one attached hydrogen (secondary N) is 1. The van der Waals surface area contributed by atoms with Crippen molar-refractivity contribution in [2.75, 3.05) is 13.2 Å². The maximum Gasteiger partial charge on any atom is 0.223 e. The van der Waals surface area contributed by atoms with E-state index < -0.39 is 0 Å². The van der Waals surface area contributed by atoms with Crippen LogP contribution >= 0.6 is 11.6 Å². The van der Waals surface area contributed by atoms with Crippen molar-refractivity contribution in [1.29, 1.82) is 0 Å². The van der Waals surface area contributed by atoms with Gasteiger partial charge >= 0.3 is 0 Å². The van der Waals surface area contributed by atoms with E-state index in [-0.39, 0.29) is 11.8 Å². The molecule has 0 atom stereocenters. The van der Waals surface area contributed by atoms with Crippen molar-refractivity contribution in [3.63, 3.8) is 0 Å². The number of rotatable bonds is 10. The summed E-state index contributed by atoms with van der Waals surface area (Å²) in [7, 11) is 0. The fourth-order valence-corrected chi connectivity index (χ4v) is 3.74. The van der Waals surface area contributed by atoms with E-state index in [2.05, 4.69) is 16.0 Å². The van der Waals surface area contributed by atoms with Crippen LogP contribution in [0.2, 0.25) is 5.02 Å². The summed E-state index contributed by atoms with van der Waals surface area (Å²) in [6.45, 7) is 4.17. The number of aryl methyl sites for hydroxylation is 2. The Bertz CT molecular complexity index is 1030. The number of aromatic nitrogens is 2. The van der Waals surface area contributed by atoms with Crippen molar-refractivity contribution in [1.82, 2.24) is 14.9 Å². The SMILES string of the molecule is Cc1cc(OCCCCn2c(CCNC(=O)C3CC3)nc3ccccc32)ccc1Cl. The second-order valence-electron chi connectivity index (χ2n) is 7.95. The predicted molar refractivity (Wildman–Crippen MR) is 120 cm³/mol. The lowest BCUT2D eigenvalue weighted by Gasteiger charge is -2.11. The fraction of sp³-hybridized carbons (Fsp3) is 0.417. The number of imidazole rings is 1. The molecule has 1 aliphatic rings. The normalized spacial score (nSPS) is 13.5. The Morgan fingerprint density at radius 2 is 2.07 bits per heavy atom. The summed E-state index contributed by atoms with van der Waals surface area (Å²) in [4.78, 5) is 16.7. The van der Waals surface area contributed by atoms with Gasteiger partial charge in [-0.25, -0.2) is 4.98 Å². The zero-order valence-corrected chi connectivity index (χ0v) is 18.1. The second-order valence-corrected chi connectivity index (χ2v) is 8.36. The molecule has 1 N–H and O–H groups in total. The Balaban J connectivity index is 1.31. The molecule has 0 aliphatic heterocycles. The van der Waals surface area contributed by atoms with E-state index in [1.54, 1.807) is 0 Å². The van der Waals surface area contributed by atoms with E-state index in [0.717, 1.165) is 71.8 Å². The van der Waals surface area contributed by atoms with Gasteiger partial charge in [-0.1, -0.05) is 23.7 Å². The van der Waals surface area contributed by atoms with Crippen LogP contribution in [0.3, 0.4) is 0 Å². The van der Waals surface area contributed by atoms with Crippen LogP contribution in [0.25, 0.3) is 11.0 Å². The highest BCUT2D eigenvalue weighted by molar-refractivity contribution is 6.31. The van der Waals surface area contributed by atoms with Crippen LogP contribution in [0.5, 0.6) is 5.75 Å². The van der Waals surface area contributed by atoms with Gasteiger partial charge in [-0.2, -0.15) is 0 Å². The van der Waals surface area contributed by atoms with Gasteiger partial charge in [0, 0.05) is 30.5 Å². The van der Waals surface area contributed by atoms with Gasteiger partial charge in [0.25, 0.3) is 0 Å².